The molecule has 37 heavy (non-hydrogen) atoms. The van der Waals surface area contributed by atoms with Crippen LogP contribution in [0.15, 0.2) is 63.5 Å². The summed E-state index contributed by atoms with van der Waals surface area (Å²) in [5.74, 6) is 5.17. The van der Waals surface area contributed by atoms with Crippen LogP contribution in [-0.2, 0) is 4.79 Å². The van der Waals surface area contributed by atoms with E-state index in [4.69, 9.17) is 5.84 Å². The van der Waals surface area contributed by atoms with Crippen LogP contribution in [0.4, 0.5) is 0 Å². The van der Waals surface area contributed by atoms with Gasteiger partial charge < -0.3 is 20.5 Å². The summed E-state index contributed by atoms with van der Waals surface area (Å²) >= 11 is 0. The number of hydrazine groups is 1. The zero-order chi connectivity index (χ0) is 27.5. The maximum atomic E-state index is 12.3. The first-order valence-corrected chi connectivity index (χ1v) is 13.7. The molecule has 208 valence electrons. The zero-order valence-corrected chi connectivity index (χ0v) is 24.3. The Hall–Kier alpha value is -2.80. The monoisotopic (exact) mass is 512 g/mol. The molecular weight excluding hydrogens is 460 g/mol. The number of amides is 1. The van der Waals surface area contributed by atoms with Gasteiger partial charge in [-0.2, -0.15) is 0 Å². The molecule has 1 amide bonds. The average molecular weight is 513 g/mol. The highest BCUT2D eigenvalue weighted by atomic mass is 16.1. The third-order valence-electron chi connectivity index (χ3n) is 6.33. The molecule has 0 saturated carbocycles. The van der Waals surface area contributed by atoms with Crippen molar-refractivity contribution in [2.24, 2.45) is 10.8 Å². The summed E-state index contributed by atoms with van der Waals surface area (Å²) in [6.45, 7) is 14.0. The van der Waals surface area contributed by atoms with Gasteiger partial charge in [0, 0.05) is 51.1 Å². The number of nitrogens with two attached hydrogens (primary N) is 1. The molecule has 0 radical (unpaired) electrons. The van der Waals surface area contributed by atoms with Crippen molar-refractivity contribution in [2.45, 2.75) is 86.0 Å². The van der Waals surface area contributed by atoms with Gasteiger partial charge in [-0.25, -0.2) is 5.84 Å². The maximum Gasteiger partial charge on any atom is 0.243 e. The van der Waals surface area contributed by atoms with Gasteiger partial charge in [-0.05, 0) is 79.6 Å². The summed E-state index contributed by atoms with van der Waals surface area (Å²) in [6, 6.07) is 0. The Bertz CT molecular complexity index is 861. The van der Waals surface area contributed by atoms with E-state index >= 15 is 0 Å². The lowest BCUT2D eigenvalue weighted by molar-refractivity contribution is -0.116. The molecule has 0 aromatic heterocycles. The first-order chi connectivity index (χ1) is 17.7. The quantitative estimate of drug-likeness (QED) is 0.0425. The minimum atomic E-state index is -0.00333. The fourth-order valence-electron chi connectivity index (χ4n) is 4.13. The van der Waals surface area contributed by atoms with Crippen molar-refractivity contribution in [3.05, 3.63) is 58.5 Å². The number of rotatable bonds is 18. The number of allylic oxidation sites excluding steroid dienone is 7. The number of hydrogen-bond acceptors (Lipinski definition) is 5. The van der Waals surface area contributed by atoms with Crippen LogP contribution in [-0.4, -0.2) is 55.4 Å². The van der Waals surface area contributed by atoms with Gasteiger partial charge in [0.25, 0.3) is 0 Å². The van der Waals surface area contributed by atoms with Crippen molar-refractivity contribution < 1.29 is 4.79 Å². The van der Waals surface area contributed by atoms with Crippen molar-refractivity contribution in [1.82, 2.24) is 20.5 Å². The molecule has 0 atom stereocenters. The molecule has 0 aromatic rings. The molecule has 1 heterocycles. The topological polar surface area (TPSA) is 86.0 Å². The van der Waals surface area contributed by atoms with Crippen molar-refractivity contribution >= 4 is 12.2 Å². The van der Waals surface area contributed by atoms with Crippen LogP contribution in [0.25, 0.3) is 0 Å². The highest BCUT2D eigenvalue weighted by molar-refractivity contribution is 5.88. The van der Waals surface area contributed by atoms with Crippen molar-refractivity contribution in [1.29, 1.82) is 0 Å². The number of carbonyl (C=O) groups excluding carboxylic acids is 1. The number of aliphatic imine (C=N–C) groups is 1. The highest BCUT2D eigenvalue weighted by Crippen LogP contribution is 2.17. The van der Waals surface area contributed by atoms with E-state index in [1.807, 2.05) is 6.92 Å². The summed E-state index contributed by atoms with van der Waals surface area (Å²) in [5.41, 5.74) is 9.07. The van der Waals surface area contributed by atoms with Gasteiger partial charge in [0.15, 0.2) is 0 Å². The Morgan fingerprint density at radius 1 is 1.00 bits per heavy atom. The number of nitrogens with one attached hydrogen (secondary N) is 2. The molecule has 4 N–H and O–H groups in total. The number of nitrogens with zero attached hydrogens (tertiary/aromatic N) is 3. The summed E-state index contributed by atoms with van der Waals surface area (Å²) in [4.78, 5) is 21.0. The summed E-state index contributed by atoms with van der Waals surface area (Å²) < 4.78 is 0. The molecule has 1 rings (SSSR count). The van der Waals surface area contributed by atoms with Gasteiger partial charge in [-0.15, -0.1) is 0 Å². The van der Waals surface area contributed by atoms with E-state index in [9.17, 15) is 4.79 Å². The molecule has 0 unspecified atom stereocenters. The van der Waals surface area contributed by atoms with Gasteiger partial charge in [0.1, 0.15) is 0 Å². The molecular formula is C30H52N6O. The number of hydrogen-bond donors (Lipinski definition) is 3. The lowest BCUT2D eigenvalue weighted by Crippen LogP contribution is -2.27. The minimum absolute atomic E-state index is 0.00333. The van der Waals surface area contributed by atoms with Gasteiger partial charge in [0.2, 0.25) is 5.91 Å². The van der Waals surface area contributed by atoms with Gasteiger partial charge >= 0.3 is 0 Å². The summed E-state index contributed by atoms with van der Waals surface area (Å²) in [5, 5.41) is 3.04. The van der Waals surface area contributed by atoms with Crippen molar-refractivity contribution in [3.8, 4) is 0 Å². The molecule has 0 saturated heterocycles. The molecule has 1 aliphatic rings. The molecule has 0 aliphatic carbocycles. The first-order valence-electron chi connectivity index (χ1n) is 13.7. The summed E-state index contributed by atoms with van der Waals surface area (Å²) in [7, 11) is 2.09. The van der Waals surface area contributed by atoms with Crippen LogP contribution in [0, 0.1) is 0 Å². The Labute approximate surface area is 226 Å². The fourth-order valence-corrected chi connectivity index (χ4v) is 4.13. The SMILES string of the molecule is CC(C)=CCCC(C)=CCCC(C)=CCCC(C)=CC(=O)NCCC1=CN(CCCN=CNN)CN1C. The van der Waals surface area contributed by atoms with Crippen molar-refractivity contribution in [3.63, 3.8) is 0 Å². The molecule has 7 nitrogen and oxygen atoms in total. The molecule has 1 aliphatic heterocycles. The third-order valence-corrected chi connectivity index (χ3v) is 6.33. The van der Waals surface area contributed by atoms with E-state index < -0.39 is 0 Å². The van der Waals surface area contributed by atoms with E-state index in [0.717, 1.165) is 76.7 Å². The van der Waals surface area contributed by atoms with E-state index in [1.165, 1.54) is 28.8 Å². The molecule has 0 fully saturated rings. The van der Waals surface area contributed by atoms with E-state index in [0.29, 0.717) is 6.54 Å². The fraction of sp³-hybridized carbons (Fsp3) is 0.600. The predicted molar refractivity (Wildman–Crippen MR) is 159 cm³/mol. The maximum absolute atomic E-state index is 12.3. The molecule has 0 bridgehead atoms. The molecule has 0 spiro atoms. The van der Waals surface area contributed by atoms with Crippen LogP contribution in [0.2, 0.25) is 0 Å². The van der Waals surface area contributed by atoms with E-state index in [1.54, 1.807) is 6.08 Å². The van der Waals surface area contributed by atoms with Crippen molar-refractivity contribution in [2.75, 3.05) is 33.4 Å². The first kappa shape index (κ1) is 32.2. The average Bonchev–Trinajstić information content (AvgIpc) is 3.17. The zero-order valence-electron chi connectivity index (χ0n) is 24.3. The smallest absolute Gasteiger partial charge is 0.243 e. The van der Waals surface area contributed by atoms with Gasteiger partial charge in [-0.1, -0.05) is 40.5 Å². The second-order valence-corrected chi connectivity index (χ2v) is 10.4. The second kappa shape index (κ2) is 19.3. The van der Waals surface area contributed by atoms with Crippen LogP contribution < -0.4 is 16.6 Å². The summed E-state index contributed by atoms with van der Waals surface area (Å²) in [6.07, 6.45) is 20.6. The van der Waals surface area contributed by atoms with Crippen LogP contribution in [0.3, 0.4) is 0 Å². The molecule has 0 aromatic carbocycles. The highest BCUT2D eigenvalue weighted by Gasteiger charge is 2.16. The standard InChI is InChI=1S/C30H52N6O/c1-25(2)11-7-12-26(3)13-8-14-27(4)15-9-16-28(5)21-30(37)33-19-17-29-22-36(24-35(29)6)20-10-18-32-23-34-31/h11,13,15,21-23H,7-10,12,14,16-20,24,31H2,1-6H3,(H,32,34)(H,33,37). The predicted octanol–water partition coefficient (Wildman–Crippen LogP) is 5.57. The lowest BCUT2D eigenvalue weighted by Gasteiger charge is -2.19. The Kier molecular flexibility index (Phi) is 16.8. The Morgan fingerprint density at radius 3 is 2.24 bits per heavy atom. The van der Waals surface area contributed by atoms with Crippen LogP contribution in [0.5, 0.6) is 0 Å². The Morgan fingerprint density at radius 2 is 1.62 bits per heavy atom. The largest absolute Gasteiger partial charge is 0.359 e. The van der Waals surface area contributed by atoms with Gasteiger partial charge in [0.05, 0.1) is 13.0 Å². The van der Waals surface area contributed by atoms with Crippen LogP contribution in [0.1, 0.15) is 86.0 Å². The van der Waals surface area contributed by atoms with Gasteiger partial charge in [-0.3, -0.25) is 9.79 Å². The lowest BCUT2D eigenvalue weighted by atomic mass is 10.0. The van der Waals surface area contributed by atoms with E-state index in [2.05, 4.69) is 84.7 Å². The Balaban J connectivity index is 2.27. The van der Waals surface area contributed by atoms with Crippen LogP contribution >= 0.6 is 0 Å². The number of carbonyl (C=O) groups is 1. The minimum Gasteiger partial charge on any atom is -0.359 e. The third kappa shape index (κ3) is 16.5. The normalized spacial score (nSPS) is 14.9. The van der Waals surface area contributed by atoms with E-state index in [-0.39, 0.29) is 5.91 Å². The molecule has 7 heteroatoms. The second-order valence-electron chi connectivity index (χ2n) is 10.4.